The lowest BCUT2D eigenvalue weighted by Gasteiger charge is -2.18. The quantitative estimate of drug-likeness (QED) is 0.625. The minimum atomic E-state index is -0.448. The van der Waals surface area contributed by atoms with E-state index in [9.17, 15) is 9.18 Å². The predicted octanol–water partition coefficient (Wildman–Crippen LogP) is 4.77. The van der Waals surface area contributed by atoms with Crippen molar-refractivity contribution < 1.29 is 13.9 Å². The van der Waals surface area contributed by atoms with Crippen molar-refractivity contribution in [1.29, 1.82) is 0 Å². The molecule has 0 unspecified atom stereocenters. The number of carbonyl (C=O) groups excluding carboxylic acids is 1. The zero-order chi connectivity index (χ0) is 18.3. The number of esters is 1. The summed E-state index contributed by atoms with van der Waals surface area (Å²) in [5, 5.41) is 4.54. The molecule has 0 fully saturated rings. The van der Waals surface area contributed by atoms with Crippen LogP contribution in [0.5, 0.6) is 0 Å². The Bertz CT molecular complexity index is 1010. The average molecular weight is 368 g/mol. The lowest BCUT2D eigenvalue weighted by atomic mass is 10.1. The van der Waals surface area contributed by atoms with Crippen LogP contribution in [0.3, 0.4) is 0 Å². The van der Waals surface area contributed by atoms with Crippen LogP contribution >= 0.6 is 11.8 Å². The Morgan fingerprint density at radius 1 is 1.31 bits per heavy atom. The zero-order valence-electron chi connectivity index (χ0n) is 14.5. The second-order valence-corrected chi connectivity index (χ2v) is 7.04. The number of benzene rings is 2. The summed E-state index contributed by atoms with van der Waals surface area (Å²) in [6, 6.07) is 12.6. The number of thioether (sulfide) groups is 1. The molecule has 2 aromatic carbocycles. The molecule has 0 saturated heterocycles. The van der Waals surface area contributed by atoms with E-state index in [1.165, 1.54) is 12.1 Å². The first-order valence-electron chi connectivity index (χ1n) is 8.38. The van der Waals surface area contributed by atoms with Gasteiger partial charge in [0.1, 0.15) is 5.82 Å². The Hall–Kier alpha value is -2.60. The van der Waals surface area contributed by atoms with Crippen molar-refractivity contribution in [3.05, 3.63) is 65.1 Å². The molecule has 1 aromatic heterocycles. The molecule has 0 spiro atoms. The molecule has 6 heteroatoms. The highest BCUT2D eigenvalue weighted by Crippen LogP contribution is 2.43. The highest BCUT2D eigenvalue weighted by Gasteiger charge is 2.30. The monoisotopic (exact) mass is 368 g/mol. The Labute approximate surface area is 155 Å². The summed E-state index contributed by atoms with van der Waals surface area (Å²) < 4.78 is 20.8. The minimum absolute atomic E-state index is 0.281. The molecule has 3 aromatic rings. The van der Waals surface area contributed by atoms with Gasteiger partial charge in [0.2, 0.25) is 0 Å². The lowest BCUT2D eigenvalue weighted by Crippen LogP contribution is -2.08. The first-order chi connectivity index (χ1) is 12.6. The van der Waals surface area contributed by atoms with E-state index in [-0.39, 0.29) is 12.4 Å². The van der Waals surface area contributed by atoms with Gasteiger partial charge in [-0.15, -0.1) is 11.8 Å². The van der Waals surface area contributed by atoms with Crippen molar-refractivity contribution in [1.82, 2.24) is 9.78 Å². The molecule has 1 aliphatic heterocycles. The maximum absolute atomic E-state index is 13.9. The van der Waals surface area contributed by atoms with Crippen molar-refractivity contribution in [2.24, 2.45) is 0 Å². The summed E-state index contributed by atoms with van der Waals surface area (Å²) in [6.45, 7) is 3.95. The van der Waals surface area contributed by atoms with Gasteiger partial charge in [0.05, 0.1) is 18.0 Å². The van der Waals surface area contributed by atoms with Crippen molar-refractivity contribution in [2.75, 3.05) is 6.61 Å². The zero-order valence-corrected chi connectivity index (χ0v) is 15.3. The van der Waals surface area contributed by atoms with Crippen LogP contribution in [0.1, 0.15) is 28.5 Å². The molecule has 0 bridgehead atoms. The molecule has 0 atom stereocenters. The Kier molecular flexibility index (Phi) is 4.28. The number of ether oxygens (including phenoxy) is 1. The number of nitrogens with zero attached hydrogens (tertiary/aromatic N) is 2. The van der Waals surface area contributed by atoms with E-state index in [0.29, 0.717) is 17.1 Å². The fourth-order valence-electron chi connectivity index (χ4n) is 3.15. The van der Waals surface area contributed by atoms with Crippen molar-refractivity contribution >= 4 is 17.7 Å². The van der Waals surface area contributed by atoms with Crippen LogP contribution in [0, 0.1) is 12.7 Å². The molecule has 4 nitrogen and oxygen atoms in total. The number of carbonyl (C=O) groups is 1. The fourth-order valence-corrected chi connectivity index (χ4v) is 4.22. The van der Waals surface area contributed by atoms with Crippen LogP contribution in [0.2, 0.25) is 0 Å². The van der Waals surface area contributed by atoms with Gasteiger partial charge in [0.15, 0.2) is 5.69 Å². The molecule has 0 N–H and O–H groups in total. The second kappa shape index (κ2) is 6.61. The number of aryl methyl sites for hydroxylation is 1. The van der Waals surface area contributed by atoms with Gasteiger partial charge in [-0.25, -0.2) is 13.9 Å². The van der Waals surface area contributed by atoms with E-state index in [4.69, 9.17) is 4.74 Å². The van der Waals surface area contributed by atoms with Gasteiger partial charge in [0, 0.05) is 21.8 Å². The van der Waals surface area contributed by atoms with E-state index < -0.39 is 5.97 Å². The number of hydrogen-bond donors (Lipinski definition) is 0. The minimum Gasteiger partial charge on any atom is -0.461 e. The summed E-state index contributed by atoms with van der Waals surface area (Å²) in [7, 11) is 0. The molecule has 26 heavy (non-hydrogen) atoms. The molecular formula is C20H17FN2O2S. The van der Waals surface area contributed by atoms with Gasteiger partial charge in [-0.05, 0) is 37.6 Å². The van der Waals surface area contributed by atoms with E-state index in [1.807, 2.05) is 31.2 Å². The van der Waals surface area contributed by atoms with Gasteiger partial charge in [-0.3, -0.25) is 0 Å². The molecule has 4 rings (SSSR count). The standard InChI is InChI=1S/C20H17FN2O2S/c1-3-25-20(24)18-15-11-26-17-7-5-4-6-14(17)19(15)23(22-18)16-10-13(21)9-8-12(16)2/h4-10H,3,11H2,1-2H3. The fraction of sp³-hybridized carbons (Fsp3) is 0.200. The van der Waals surface area contributed by atoms with Crippen molar-refractivity contribution in [2.45, 2.75) is 24.5 Å². The number of fused-ring (bicyclic) bond motifs is 3. The van der Waals surface area contributed by atoms with Crippen LogP contribution in [-0.4, -0.2) is 22.4 Å². The molecule has 2 heterocycles. The summed E-state index contributed by atoms with van der Waals surface area (Å²) in [4.78, 5) is 13.6. The molecule has 0 radical (unpaired) electrons. The number of hydrogen-bond acceptors (Lipinski definition) is 4. The summed E-state index contributed by atoms with van der Waals surface area (Å²) in [5.41, 5.74) is 4.45. The third-order valence-electron chi connectivity index (χ3n) is 4.37. The third kappa shape index (κ3) is 2.70. The van der Waals surface area contributed by atoms with Crippen LogP contribution in [-0.2, 0) is 10.5 Å². The van der Waals surface area contributed by atoms with Gasteiger partial charge in [0.25, 0.3) is 0 Å². The SMILES string of the molecule is CCOC(=O)c1nn(-c2cc(F)ccc2C)c2c1CSc1ccccc1-2. The maximum atomic E-state index is 13.9. The van der Waals surface area contributed by atoms with Crippen LogP contribution in [0.25, 0.3) is 16.9 Å². The molecule has 132 valence electrons. The van der Waals surface area contributed by atoms with Crippen LogP contribution in [0.4, 0.5) is 4.39 Å². The Morgan fingerprint density at radius 2 is 2.12 bits per heavy atom. The van der Waals surface area contributed by atoms with E-state index >= 15 is 0 Å². The topological polar surface area (TPSA) is 44.1 Å². The largest absolute Gasteiger partial charge is 0.461 e. The predicted molar refractivity (Wildman–Crippen MR) is 99.2 cm³/mol. The number of rotatable bonds is 3. The highest BCUT2D eigenvalue weighted by molar-refractivity contribution is 7.98. The van der Waals surface area contributed by atoms with Crippen molar-refractivity contribution in [3.8, 4) is 16.9 Å². The molecule has 0 saturated carbocycles. The van der Waals surface area contributed by atoms with E-state index in [0.717, 1.165) is 27.3 Å². The molecule has 0 amide bonds. The smallest absolute Gasteiger partial charge is 0.359 e. The van der Waals surface area contributed by atoms with Gasteiger partial charge >= 0.3 is 5.97 Å². The van der Waals surface area contributed by atoms with Crippen LogP contribution in [0.15, 0.2) is 47.4 Å². The van der Waals surface area contributed by atoms with Gasteiger partial charge in [-0.1, -0.05) is 24.3 Å². The lowest BCUT2D eigenvalue weighted by molar-refractivity contribution is 0.0518. The van der Waals surface area contributed by atoms with Gasteiger partial charge in [-0.2, -0.15) is 5.10 Å². The second-order valence-electron chi connectivity index (χ2n) is 6.02. The molecule has 0 aliphatic carbocycles. The Balaban J connectivity index is 2.01. The maximum Gasteiger partial charge on any atom is 0.359 e. The normalized spacial score (nSPS) is 12.4. The first-order valence-corrected chi connectivity index (χ1v) is 9.36. The van der Waals surface area contributed by atoms with E-state index in [2.05, 4.69) is 5.10 Å². The highest BCUT2D eigenvalue weighted by atomic mass is 32.2. The third-order valence-corrected chi connectivity index (χ3v) is 5.47. The molecular weight excluding hydrogens is 351 g/mol. The summed E-state index contributed by atoms with van der Waals surface area (Å²) in [6.07, 6.45) is 0. The number of halogens is 1. The first kappa shape index (κ1) is 16.8. The Morgan fingerprint density at radius 3 is 2.92 bits per heavy atom. The number of aromatic nitrogens is 2. The van der Waals surface area contributed by atoms with Gasteiger partial charge < -0.3 is 4.74 Å². The summed E-state index contributed by atoms with van der Waals surface area (Å²) >= 11 is 1.66. The van der Waals surface area contributed by atoms with Crippen LogP contribution < -0.4 is 0 Å². The van der Waals surface area contributed by atoms with Crippen molar-refractivity contribution in [3.63, 3.8) is 0 Å². The summed E-state index contributed by atoms with van der Waals surface area (Å²) in [5.74, 6) is -0.169. The van der Waals surface area contributed by atoms with E-state index in [1.54, 1.807) is 29.4 Å². The molecule has 1 aliphatic rings. The average Bonchev–Trinajstić information content (AvgIpc) is 3.04.